The number of thioether (sulfide) groups is 1. The van der Waals surface area contributed by atoms with Crippen molar-refractivity contribution in [1.29, 1.82) is 0 Å². The predicted molar refractivity (Wildman–Crippen MR) is 270 cm³/mol. The Bertz CT molecular complexity index is 3110. The number of hydrogen-bond acceptors (Lipinski definition) is 16. The molecular formula is C49H53N13O10S. The second-order valence-corrected chi connectivity index (χ2v) is 18.1. The number of rotatable bonds is 23. The minimum absolute atomic E-state index is 0.0140. The Morgan fingerprint density at radius 3 is 2.33 bits per heavy atom. The molecule has 0 aliphatic carbocycles. The van der Waals surface area contributed by atoms with Gasteiger partial charge in [0.15, 0.2) is 11.2 Å². The summed E-state index contributed by atoms with van der Waals surface area (Å²) in [5, 5.41) is 39.2. The molecular weight excluding hydrogens is 963 g/mol. The van der Waals surface area contributed by atoms with Gasteiger partial charge in [-0.1, -0.05) is 47.7 Å². The van der Waals surface area contributed by atoms with Gasteiger partial charge in [0, 0.05) is 73.3 Å². The standard InChI is InChI=1S/C49H53N13O10S/c1-61-42-33-10-4-3-8-29(33)25-62(37-12-6-5-11-34(37)40(42)59-60-61)39(65)20-19-38(64)51-21-7-9-28(45(67)56-36(26-73-2)48(71)72)22-32(63)17-18-35(47(69)70)55-44(66)27-13-15-30(16-14-27)52-23-31-24-53-43-41(54-31)46(68)58-49(50)57-43/h3-6,8,10-16,24,28,35-36,52H,7,9,17-23,25-26H2,1-2H3,(H,51,64)(H,55,66)(H,56,67)(H,69,70)(H,71,72)(H3,50,53,57,58,68)/t28?,35-,36-/m0/s1. The average Bonchev–Trinajstić information content (AvgIpc) is 3.75. The summed E-state index contributed by atoms with van der Waals surface area (Å²) >= 11 is 1.20. The third kappa shape index (κ3) is 13.3. The van der Waals surface area contributed by atoms with Crippen LogP contribution < -0.4 is 37.5 Å². The van der Waals surface area contributed by atoms with Crippen molar-refractivity contribution < 1.29 is 43.8 Å². The molecule has 6 aromatic rings. The first kappa shape index (κ1) is 52.3. The molecule has 0 radical (unpaired) electrons. The van der Waals surface area contributed by atoms with Crippen molar-refractivity contribution in [3.05, 3.63) is 106 Å². The minimum Gasteiger partial charge on any atom is -0.480 e. The van der Waals surface area contributed by atoms with Gasteiger partial charge in [0.1, 0.15) is 23.6 Å². The van der Waals surface area contributed by atoms with Crippen LogP contribution in [0.2, 0.25) is 0 Å². The number of H-pyrrole nitrogens is 1. The van der Waals surface area contributed by atoms with E-state index >= 15 is 0 Å². The van der Waals surface area contributed by atoms with E-state index in [0.717, 1.165) is 22.4 Å². The summed E-state index contributed by atoms with van der Waals surface area (Å²) in [6.45, 7) is 0.481. The van der Waals surface area contributed by atoms with Crippen LogP contribution in [0.1, 0.15) is 66.6 Å². The molecule has 380 valence electrons. The van der Waals surface area contributed by atoms with E-state index in [-0.39, 0.29) is 98.9 Å². The molecule has 3 atom stereocenters. The molecule has 4 amide bonds. The normalized spacial score (nSPS) is 12.9. The van der Waals surface area contributed by atoms with Crippen LogP contribution in [0.5, 0.6) is 0 Å². The summed E-state index contributed by atoms with van der Waals surface area (Å²) in [5.41, 5.74) is 10.8. The summed E-state index contributed by atoms with van der Waals surface area (Å²) in [5.74, 6) is -6.33. The van der Waals surface area contributed by atoms with Crippen molar-refractivity contribution in [1.82, 2.24) is 50.9 Å². The van der Waals surface area contributed by atoms with Crippen LogP contribution in [0, 0.1) is 5.92 Å². The number of carboxylic acid groups (broad SMARTS) is 2. The van der Waals surface area contributed by atoms with Crippen LogP contribution in [0.15, 0.2) is 83.8 Å². The molecule has 3 aromatic carbocycles. The van der Waals surface area contributed by atoms with E-state index in [0.29, 0.717) is 22.8 Å². The first-order valence-corrected chi connectivity index (χ1v) is 24.6. The first-order chi connectivity index (χ1) is 35.1. The number of carboxylic acids is 2. The Hall–Kier alpha value is -8.54. The van der Waals surface area contributed by atoms with Crippen molar-refractivity contribution in [2.45, 2.75) is 70.1 Å². The SMILES string of the molecule is CSC[C@H](NC(=O)C(CCCNC(=O)CCC(=O)N1Cc2ccccc2-c2c(nnn2C)-c2ccccc21)CC(=O)CC[C@H](NC(=O)c1ccc(NCc2cnc3nc(N)[nH]c(=O)c3n2)cc1)C(=O)O)C(=O)O. The quantitative estimate of drug-likeness (QED) is 0.0428. The van der Waals surface area contributed by atoms with Gasteiger partial charge in [-0.2, -0.15) is 16.7 Å². The first-order valence-electron chi connectivity index (χ1n) is 23.2. The van der Waals surface area contributed by atoms with Crippen molar-refractivity contribution >= 4 is 81.6 Å². The number of hydrogen-bond donors (Lipinski definition) is 8. The average molecular weight is 1020 g/mol. The van der Waals surface area contributed by atoms with Crippen molar-refractivity contribution in [2.24, 2.45) is 13.0 Å². The van der Waals surface area contributed by atoms with Crippen LogP contribution in [0.25, 0.3) is 33.7 Å². The third-order valence-corrected chi connectivity index (χ3v) is 12.7. The second-order valence-electron chi connectivity index (χ2n) is 17.2. The van der Waals surface area contributed by atoms with Gasteiger partial charge in [0.2, 0.25) is 23.7 Å². The molecule has 1 aliphatic heterocycles. The lowest BCUT2D eigenvalue weighted by Gasteiger charge is -2.28. The highest BCUT2D eigenvalue weighted by atomic mass is 32.2. The van der Waals surface area contributed by atoms with Gasteiger partial charge in [0.25, 0.3) is 11.5 Å². The van der Waals surface area contributed by atoms with Crippen LogP contribution in [0.4, 0.5) is 17.3 Å². The Balaban J connectivity index is 0.906. The maximum absolute atomic E-state index is 13.9. The van der Waals surface area contributed by atoms with E-state index in [1.165, 1.54) is 30.1 Å². The van der Waals surface area contributed by atoms with Gasteiger partial charge in [-0.05, 0) is 61.4 Å². The summed E-state index contributed by atoms with van der Waals surface area (Å²) < 4.78 is 1.71. The Labute approximate surface area is 421 Å². The monoisotopic (exact) mass is 1020 g/mol. The fourth-order valence-electron chi connectivity index (χ4n) is 8.26. The molecule has 0 fully saturated rings. The highest BCUT2D eigenvalue weighted by Gasteiger charge is 2.30. The number of nitrogen functional groups attached to an aromatic ring is 1. The van der Waals surface area contributed by atoms with Gasteiger partial charge in [-0.25, -0.2) is 24.2 Å². The van der Waals surface area contributed by atoms with Crippen LogP contribution >= 0.6 is 11.8 Å². The molecule has 4 heterocycles. The van der Waals surface area contributed by atoms with E-state index in [2.05, 4.69) is 51.5 Å². The third-order valence-electron chi connectivity index (χ3n) is 12.0. The topological polar surface area (TPSA) is 340 Å². The van der Waals surface area contributed by atoms with E-state index in [1.807, 2.05) is 55.6 Å². The number of nitrogens with two attached hydrogens (primary N) is 1. The fourth-order valence-corrected chi connectivity index (χ4v) is 8.82. The van der Waals surface area contributed by atoms with Gasteiger partial charge in [0.05, 0.1) is 36.4 Å². The fraction of sp³-hybridized carbons (Fsp3) is 0.327. The number of nitrogens with one attached hydrogen (secondary N) is 5. The molecule has 23 nitrogen and oxygen atoms in total. The zero-order valence-electron chi connectivity index (χ0n) is 39.8. The van der Waals surface area contributed by atoms with Gasteiger partial charge in [-0.3, -0.25) is 33.8 Å². The lowest BCUT2D eigenvalue weighted by atomic mass is 9.93. The lowest BCUT2D eigenvalue weighted by molar-refractivity contribution is -0.142. The summed E-state index contributed by atoms with van der Waals surface area (Å²) in [6, 6.07) is 18.4. The number of carbonyl (C=O) groups excluding carboxylic acids is 5. The summed E-state index contributed by atoms with van der Waals surface area (Å²) in [6.07, 6.45) is 2.12. The molecule has 1 aliphatic rings. The smallest absolute Gasteiger partial charge is 0.327 e. The molecule has 0 saturated heterocycles. The van der Waals surface area contributed by atoms with Crippen molar-refractivity contribution in [2.75, 3.05) is 34.5 Å². The van der Waals surface area contributed by atoms with Gasteiger partial charge in [-0.15, -0.1) is 5.10 Å². The number of fused-ring (bicyclic) bond motifs is 6. The molecule has 3 aromatic heterocycles. The van der Waals surface area contributed by atoms with Gasteiger partial charge >= 0.3 is 11.9 Å². The van der Waals surface area contributed by atoms with Crippen molar-refractivity contribution in [3.8, 4) is 22.5 Å². The largest absolute Gasteiger partial charge is 0.480 e. The number of amides is 4. The number of carbonyl (C=O) groups is 7. The molecule has 0 spiro atoms. The molecule has 24 heteroatoms. The number of nitrogens with zero attached hydrogens (tertiary/aromatic N) is 7. The maximum Gasteiger partial charge on any atom is 0.327 e. The molecule has 9 N–H and O–H groups in total. The van der Waals surface area contributed by atoms with E-state index in [4.69, 9.17) is 5.73 Å². The van der Waals surface area contributed by atoms with Crippen LogP contribution in [-0.4, -0.2) is 117 Å². The predicted octanol–water partition coefficient (Wildman–Crippen LogP) is 3.06. The van der Waals surface area contributed by atoms with Gasteiger partial charge < -0.3 is 42.1 Å². The number of aryl methyl sites for hydroxylation is 1. The van der Waals surface area contributed by atoms with E-state index in [1.54, 1.807) is 28.0 Å². The molecule has 73 heavy (non-hydrogen) atoms. The number of aromatic amines is 1. The number of aromatic nitrogens is 7. The summed E-state index contributed by atoms with van der Waals surface area (Å²) in [4.78, 5) is 120. The molecule has 0 bridgehead atoms. The zero-order valence-corrected chi connectivity index (χ0v) is 40.6. The summed E-state index contributed by atoms with van der Waals surface area (Å²) in [7, 11) is 1.81. The van der Waals surface area contributed by atoms with Crippen LogP contribution in [0.3, 0.4) is 0 Å². The molecule has 1 unspecified atom stereocenters. The molecule has 0 saturated carbocycles. The highest BCUT2D eigenvalue weighted by molar-refractivity contribution is 7.98. The second kappa shape index (κ2) is 24.0. The number of para-hydroxylation sites is 1. The Kier molecular flexibility index (Phi) is 17.2. The number of aliphatic carboxylic acids is 2. The van der Waals surface area contributed by atoms with Crippen LogP contribution in [-0.2, 0) is 48.9 Å². The Morgan fingerprint density at radius 1 is 0.863 bits per heavy atom. The van der Waals surface area contributed by atoms with E-state index in [9.17, 15) is 48.6 Å². The zero-order chi connectivity index (χ0) is 52.2. The lowest BCUT2D eigenvalue weighted by Crippen LogP contribution is -2.45. The Morgan fingerprint density at radius 2 is 1.59 bits per heavy atom. The maximum atomic E-state index is 13.9. The van der Waals surface area contributed by atoms with E-state index < -0.39 is 59.0 Å². The molecule has 7 rings (SSSR count). The number of ketones is 1. The number of Topliss-reactive ketones (excluding diaryl/α,β-unsaturated/α-hetero) is 1. The minimum atomic E-state index is -1.47. The van der Waals surface area contributed by atoms with Crippen molar-refractivity contribution in [3.63, 3.8) is 0 Å². The number of benzene rings is 3. The number of anilines is 3. The highest BCUT2D eigenvalue weighted by Crippen LogP contribution is 2.40.